The molecule has 0 bridgehead atoms. The molecule has 0 saturated carbocycles. The van der Waals surface area contributed by atoms with Gasteiger partial charge in [-0.2, -0.15) is 0 Å². The van der Waals surface area contributed by atoms with E-state index in [1.807, 2.05) is 0 Å². The van der Waals surface area contributed by atoms with Crippen molar-refractivity contribution in [3.05, 3.63) is 33.8 Å². The molecule has 0 aliphatic heterocycles. The lowest BCUT2D eigenvalue weighted by Gasteiger charge is -2.05. The molecule has 0 aliphatic carbocycles. The van der Waals surface area contributed by atoms with Gasteiger partial charge >= 0.3 is 0 Å². The quantitative estimate of drug-likeness (QED) is 0.657. The van der Waals surface area contributed by atoms with Crippen LogP contribution in [0.15, 0.2) is 23.4 Å². The topological polar surface area (TPSA) is 41.8 Å². The van der Waals surface area contributed by atoms with Crippen LogP contribution >= 0.6 is 23.2 Å². The van der Waals surface area contributed by atoms with Crippen LogP contribution in [0, 0.1) is 0 Å². The van der Waals surface area contributed by atoms with Crippen molar-refractivity contribution in [2.45, 2.75) is 6.42 Å². The van der Waals surface area contributed by atoms with E-state index >= 15 is 0 Å². The molecule has 0 radical (unpaired) electrons. The average Bonchev–Trinajstić information content (AvgIpc) is 2.21. The number of halogens is 2. The molecular weight excluding hydrogens is 237 g/mol. The molecule has 82 valence electrons. The predicted molar refractivity (Wildman–Crippen MR) is 61.7 cm³/mol. The smallest absolute Gasteiger partial charge is 0.106 e. The van der Waals surface area contributed by atoms with Crippen molar-refractivity contribution in [2.24, 2.45) is 5.16 Å². The van der Waals surface area contributed by atoms with E-state index in [2.05, 4.69) is 9.99 Å². The SMILES string of the molecule is CON=C(CO)Cc1ccc(Cl)cc1Cl. The zero-order valence-electron chi connectivity index (χ0n) is 8.20. The van der Waals surface area contributed by atoms with Crippen LogP contribution in [0.2, 0.25) is 10.0 Å². The first-order valence-electron chi connectivity index (χ1n) is 4.31. The highest BCUT2D eigenvalue weighted by Crippen LogP contribution is 2.21. The molecule has 15 heavy (non-hydrogen) atoms. The fraction of sp³-hybridized carbons (Fsp3) is 0.300. The van der Waals surface area contributed by atoms with Crippen molar-refractivity contribution in [2.75, 3.05) is 13.7 Å². The second kappa shape index (κ2) is 5.95. The molecule has 0 saturated heterocycles. The molecule has 0 fully saturated rings. The summed E-state index contributed by atoms with van der Waals surface area (Å²) in [6.45, 7) is -0.160. The summed E-state index contributed by atoms with van der Waals surface area (Å²) in [7, 11) is 1.43. The number of benzene rings is 1. The molecule has 0 amide bonds. The third kappa shape index (κ3) is 3.70. The van der Waals surface area contributed by atoms with Crippen LogP contribution in [-0.4, -0.2) is 24.5 Å². The molecule has 1 aromatic rings. The molecule has 0 heterocycles. The molecule has 0 atom stereocenters. The summed E-state index contributed by atoms with van der Waals surface area (Å²) in [5.74, 6) is 0. The lowest BCUT2D eigenvalue weighted by atomic mass is 10.1. The molecule has 1 rings (SSSR count). The van der Waals surface area contributed by atoms with Crippen molar-refractivity contribution in [3.8, 4) is 0 Å². The lowest BCUT2D eigenvalue weighted by molar-refractivity contribution is 0.208. The molecule has 0 unspecified atom stereocenters. The average molecular weight is 248 g/mol. The number of hydrogen-bond acceptors (Lipinski definition) is 3. The highest BCUT2D eigenvalue weighted by Gasteiger charge is 2.05. The van der Waals surface area contributed by atoms with Gasteiger partial charge in [-0.05, 0) is 17.7 Å². The van der Waals surface area contributed by atoms with Gasteiger partial charge in [0.15, 0.2) is 0 Å². The van der Waals surface area contributed by atoms with E-state index in [1.54, 1.807) is 18.2 Å². The monoisotopic (exact) mass is 247 g/mol. The van der Waals surface area contributed by atoms with Gasteiger partial charge in [-0.1, -0.05) is 34.4 Å². The number of aliphatic hydroxyl groups is 1. The van der Waals surface area contributed by atoms with Crippen molar-refractivity contribution in [1.82, 2.24) is 0 Å². The summed E-state index contributed by atoms with van der Waals surface area (Å²) < 4.78 is 0. The van der Waals surface area contributed by atoms with Crippen molar-refractivity contribution >= 4 is 28.9 Å². The van der Waals surface area contributed by atoms with Gasteiger partial charge in [0.25, 0.3) is 0 Å². The summed E-state index contributed by atoms with van der Waals surface area (Å²) in [4.78, 5) is 4.59. The minimum atomic E-state index is -0.160. The molecular formula is C10H11Cl2NO2. The molecule has 0 aliphatic rings. The van der Waals surface area contributed by atoms with Gasteiger partial charge in [-0.3, -0.25) is 0 Å². The van der Waals surface area contributed by atoms with E-state index in [0.29, 0.717) is 22.2 Å². The van der Waals surface area contributed by atoms with Crippen LogP contribution < -0.4 is 0 Å². The van der Waals surface area contributed by atoms with Gasteiger partial charge in [-0.15, -0.1) is 0 Å². The van der Waals surface area contributed by atoms with Crippen LogP contribution in [0.4, 0.5) is 0 Å². The van der Waals surface area contributed by atoms with E-state index in [4.69, 9.17) is 28.3 Å². The Labute approximate surface area is 98.3 Å². The Bertz CT molecular complexity index is 366. The van der Waals surface area contributed by atoms with Crippen LogP contribution in [0.1, 0.15) is 5.56 Å². The third-order valence-electron chi connectivity index (χ3n) is 1.81. The standard InChI is InChI=1S/C10H11Cl2NO2/c1-15-13-9(6-14)4-7-2-3-8(11)5-10(7)12/h2-3,5,14H,4,6H2,1H3. The van der Waals surface area contributed by atoms with Gasteiger partial charge in [0.05, 0.1) is 12.3 Å². The number of aliphatic hydroxyl groups excluding tert-OH is 1. The fourth-order valence-electron chi connectivity index (χ4n) is 1.13. The maximum Gasteiger partial charge on any atom is 0.106 e. The zero-order valence-corrected chi connectivity index (χ0v) is 9.72. The fourth-order valence-corrected chi connectivity index (χ4v) is 1.61. The number of rotatable bonds is 4. The lowest BCUT2D eigenvalue weighted by Crippen LogP contribution is -2.09. The van der Waals surface area contributed by atoms with E-state index in [0.717, 1.165) is 5.56 Å². The predicted octanol–water partition coefficient (Wildman–Crippen LogP) is 2.53. The molecule has 5 heteroatoms. The van der Waals surface area contributed by atoms with Crippen molar-refractivity contribution < 1.29 is 9.94 Å². The van der Waals surface area contributed by atoms with E-state index in [1.165, 1.54) is 7.11 Å². The van der Waals surface area contributed by atoms with Crippen molar-refractivity contribution in [1.29, 1.82) is 0 Å². The highest BCUT2D eigenvalue weighted by atomic mass is 35.5. The Morgan fingerprint density at radius 2 is 2.20 bits per heavy atom. The largest absolute Gasteiger partial charge is 0.399 e. The minimum Gasteiger partial charge on any atom is -0.399 e. The van der Waals surface area contributed by atoms with Crippen LogP contribution in [0.25, 0.3) is 0 Å². The van der Waals surface area contributed by atoms with E-state index in [-0.39, 0.29) is 6.61 Å². The highest BCUT2D eigenvalue weighted by molar-refractivity contribution is 6.35. The van der Waals surface area contributed by atoms with Crippen molar-refractivity contribution in [3.63, 3.8) is 0 Å². The van der Waals surface area contributed by atoms with Crippen LogP contribution in [-0.2, 0) is 11.3 Å². The molecule has 1 aromatic carbocycles. The Balaban J connectivity index is 2.84. The molecule has 1 N–H and O–H groups in total. The Morgan fingerprint density at radius 3 is 2.73 bits per heavy atom. The molecule has 0 spiro atoms. The second-order valence-corrected chi connectivity index (χ2v) is 3.75. The van der Waals surface area contributed by atoms with Gasteiger partial charge in [0.1, 0.15) is 7.11 Å². The zero-order chi connectivity index (χ0) is 11.3. The Kier molecular flexibility index (Phi) is 4.88. The minimum absolute atomic E-state index is 0.160. The van der Waals surface area contributed by atoms with E-state index in [9.17, 15) is 0 Å². The first-order valence-corrected chi connectivity index (χ1v) is 5.06. The number of hydrogen-bond donors (Lipinski definition) is 1. The molecule has 0 aromatic heterocycles. The van der Waals surface area contributed by atoms with Crippen LogP contribution in [0.5, 0.6) is 0 Å². The summed E-state index contributed by atoms with van der Waals surface area (Å²) in [5, 5.41) is 13.8. The summed E-state index contributed by atoms with van der Waals surface area (Å²) >= 11 is 11.7. The number of oxime groups is 1. The summed E-state index contributed by atoms with van der Waals surface area (Å²) in [5.41, 5.74) is 1.37. The van der Waals surface area contributed by atoms with Gasteiger partial charge in [-0.25, -0.2) is 0 Å². The third-order valence-corrected chi connectivity index (χ3v) is 2.40. The molecule has 3 nitrogen and oxygen atoms in total. The first-order chi connectivity index (χ1) is 7.17. The second-order valence-electron chi connectivity index (χ2n) is 2.91. The number of nitrogens with zero attached hydrogens (tertiary/aromatic N) is 1. The Hall–Kier alpha value is -0.770. The summed E-state index contributed by atoms with van der Waals surface area (Å²) in [6, 6.07) is 5.19. The van der Waals surface area contributed by atoms with Gasteiger partial charge in [0.2, 0.25) is 0 Å². The normalized spacial score (nSPS) is 11.6. The Morgan fingerprint density at radius 1 is 1.47 bits per heavy atom. The summed E-state index contributed by atoms with van der Waals surface area (Å²) in [6.07, 6.45) is 0.445. The van der Waals surface area contributed by atoms with E-state index < -0.39 is 0 Å². The van der Waals surface area contributed by atoms with Gasteiger partial charge in [0, 0.05) is 16.5 Å². The maximum atomic E-state index is 8.98. The maximum absolute atomic E-state index is 8.98. The first kappa shape index (κ1) is 12.3. The van der Waals surface area contributed by atoms with Crippen LogP contribution in [0.3, 0.4) is 0 Å². The van der Waals surface area contributed by atoms with Gasteiger partial charge < -0.3 is 9.94 Å².